The molecule has 0 fully saturated rings. The van der Waals surface area contributed by atoms with Crippen molar-refractivity contribution in [3.05, 3.63) is 144 Å². The molecule has 34 heavy (non-hydrogen) atoms. The second-order valence-corrected chi connectivity index (χ2v) is 9.24. The number of hydrogen-bond acceptors (Lipinski definition) is 4. The number of benzene rings is 4. The Balaban J connectivity index is 0.000000191. The summed E-state index contributed by atoms with van der Waals surface area (Å²) in [5.41, 5.74) is 27.5. The Kier molecular flexibility index (Phi) is 8.37. The minimum Gasteiger partial charge on any atom is -0.313 e. The molecule has 0 saturated carbocycles. The van der Waals surface area contributed by atoms with Crippen LogP contribution in [0.25, 0.3) is 0 Å². The van der Waals surface area contributed by atoms with Crippen molar-refractivity contribution in [3.63, 3.8) is 0 Å². The van der Waals surface area contributed by atoms with Crippen molar-refractivity contribution >= 4 is 0 Å². The third kappa shape index (κ3) is 6.86. The van der Waals surface area contributed by atoms with Crippen LogP contribution in [-0.4, -0.2) is 11.3 Å². The Hall–Kier alpha value is -3.28. The summed E-state index contributed by atoms with van der Waals surface area (Å²) in [6, 6.07) is 40.6. The lowest BCUT2D eigenvalue weighted by atomic mass is 9.82. The van der Waals surface area contributed by atoms with Crippen LogP contribution >= 0.6 is 0 Å². The molecule has 0 radical (unpaired) electrons. The highest BCUT2D eigenvalue weighted by Gasteiger charge is 2.29. The SMILES string of the molecule is CC(N)(N)C(c1ccccc1)c1ccccc1.CC(N)(N)C(c1ccccc1)c1ccccc1. The van der Waals surface area contributed by atoms with Crippen molar-refractivity contribution in [1.82, 2.24) is 0 Å². The van der Waals surface area contributed by atoms with E-state index in [0.29, 0.717) is 0 Å². The Bertz CT molecular complexity index is 929. The van der Waals surface area contributed by atoms with E-state index in [9.17, 15) is 0 Å². The van der Waals surface area contributed by atoms with Crippen molar-refractivity contribution in [2.75, 3.05) is 0 Å². The lowest BCUT2D eigenvalue weighted by Crippen LogP contribution is -2.51. The van der Waals surface area contributed by atoms with Crippen LogP contribution in [-0.2, 0) is 0 Å². The van der Waals surface area contributed by atoms with Gasteiger partial charge < -0.3 is 22.9 Å². The van der Waals surface area contributed by atoms with Gasteiger partial charge in [-0.25, -0.2) is 0 Å². The van der Waals surface area contributed by atoms with Gasteiger partial charge in [-0.1, -0.05) is 121 Å². The third-order valence-electron chi connectivity index (χ3n) is 5.78. The highest BCUT2D eigenvalue weighted by Crippen LogP contribution is 2.31. The Morgan fingerprint density at radius 1 is 0.382 bits per heavy atom. The van der Waals surface area contributed by atoms with Gasteiger partial charge in [-0.05, 0) is 36.1 Å². The first kappa shape index (κ1) is 25.3. The summed E-state index contributed by atoms with van der Waals surface area (Å²) in [5, 5.41) is 0. The van der Waals surface area contributed by atoms with E-state index in [1.165, 1.54) is 0 Å². The van der Waals surface area contributed by atoms with Gasteiger partial charge in [0, 0.05) is 11.8 Å². The maximum atomic E-state index is 6.12. The molecule has 8 N–H and O–H groups in total. The minimum atomic E-state index is -0.775. The van der Waals surface area contributed by atoms with E-state index in [1.54, 1.807) is 0 Å². The Labute approximate surface area is 203 Å². The van der Waals surface area contributed by atoms with Gasteiger partial charge in [0.15, 0.2) is 0 Å². The second kappa shape index (κ2) is 11.2. The molecule has 4 rings (SSSR count). The van der Waals surface area contributed by atoms with E-state index in [4.69, 9.17) is 22.9 Å². The molecule has 0 aliphatic heterocycles. The van der Waals surface area contributed by atoms with Gasteiger partial charge in [0.05, 0.1) is 11.3 Å². The first-order valence-corrected chi connectivity index (χ1v) is 11.5. The van der Waals surface area contributed by atoms with Gasteiger partial charge in [0.2, 0.25) is 0 Å². The van der Waals surface area contributed by atoms with E-state index in [0.717, 1.165) is 22.3 Å². The largest absolute Gasteiger partial charge is 0.313 e. The zero-order valence-electron chi connectivity index (χ0n) is 20.0. The first-order chi connectivity index (χ1) is 16.2. The molecule has 4 nitrogen and oxygen atoms in total. The standard InChI is InChI=1S/2C15H18N2/c2*1-15(16,17)14(12-8-4-2-5-9-12)13-10-6-3-7-11-13/h2*2-11,14H,16-17H2,1H3. The maximum Gasteiger partial charge on any atom is 0.0719 e. The summed E-state index contributed by atoms with van der Waals surface area (Å²) in [7, 11) is 0. The molecule has 0 atom stereocenters. The van der Waals surface area contributed by atoms with Crippen LogP contribution < -0.4 is 22.9 Å². The first-order valence-electron chi connectivity index (χ1n) is 11.5. The number of nitrogens with two attached hydrogens (primary N) is 4. The molecule has 4 heteroatoms. The van der Waals surface area contributed by atoms with Gasteiger partial charge >= 0.3 is 0 Å². The lowest BCUT2D eigenvalue weighted by molar-refractivity contribution is 0.431. The summed E-state index contributed by atoms with van der Waals surface area (Å²) in [5.74, 6) is 0.00907. The van der Waals surface area contributed by atoms with Crippen molar-refractivity contribution in [1.29, 1.82) is 0 Å². The van der Waals surface area contributed by atoms with Crippen LogP contribution in [0.15, 0.2) is 121 Å². The molecule has 0 aliphatic carbocycles. The summed E-state index contributed by atoms with van der Waals surface area (Å²) in [4.78, 5) is 0. The van der Waals surface area contributed by atoms with Crippen LogP contribution in [0.4, 0.5) is 0 Å². The van der Waals surface area contributed by atoms with Crippen LogP contribution in [0.2, 0.25) is 0 Å². The van der Waals surface area contributed by atoms with E-state index >= 15 is 0 Å². The molecular formula is C30H36N4. The van der Waals surface area contributed by atoms with Crippen LogP contribution in [0.1, 0.15) is 47.9 Å². The monoisotopic (exact) mass is 452 g/mol. The average Bonchev–Trinajstić information content (AvgIpc) is 2.81. The van der Waals surface area contributed by atoms with Crippen LogP contribution in [0, 0.1) is 0 Å². The number of rotatable bonds is 6. The van der Waals surface area contributed by atoms with Crippen molar-refractivity contribution in [3.8, 4) is 0 Å². The van der Waals surface area contributed by atoms with E-state index in [1.807, 2.05) is 86.6 Å². The molecule has 4 aromatic carbocycles. The van der Waals surface area contributed by atoms with Gasteiger partial charge in [0.25, 0.3) is 0 Å². The zero-order valence-corrected chi connectivity index (χ0v) is 20.0. The number of hydrogen-bond donors (Lipinski definition) is 4. The fraction of sp³-hybridized carbons (Fsp3) is 0.200. The molecular weight excluding hydrogens is 416 g/mol. The summed E-state index contributed by atoms with van der Waals surface area (Å²) in [6.45, 7) is 3.72. The van der Waals surface area contributed by atoms with Crippen molar-refractivity contribution < 1.29 is 0 Å². The molecule has 0 aromatic heterocycles. The molecule has 176 valence electrons. The van der Waals surface area contributed by atoms with Crippen molar-refractivity contribution in [2.24, 2.45) is 22.9 Å². The molecule has 0 bridgehead atoms. The van der Waals surface area contributed by atoms with Crippen LogP contribution in [0.3, 0.4) is 0 Å². The Morgan fingerprint density at radius 2 is 0.559 bits per heavy atom. The van der Waals surface area contributed by atoms with E-state index < -0.39 is 11.3 Å². The van der Waals surface area contributed by atoms with Crippen molar-refractivity contribution in [2.45, 2.75) is 37.0 Å². The smallest absolute Gasteiger partial charge is 0.0719 e. The van der Waals surface area contributed by atoms with Gasteiger partial charge in [-0.15, -0.1) is 0 Å². The molecule has 0 spiro atoms. The van der Waals surface area contributed by atoms with E-state index in [-0.39, 0.29) is 11.8 Å². The fourth-order valence-corrected chi connectivity index (χ4v) is 4.40. The molecule has 0 aliphatic rings. The molecule has 0 heterocycles. The van der Waals surface area contributed by atoms with Gasteiger partial charge in [-0.3, -0.25) is 0 Å². The van der Waals surface area contributed by atoms with Gasteiger partial charge in [0.1, 0.15) is 0 Å². The van der Waals surface area contributed by atoms with Gasteiger partial charge in [-0.2, -0.15) is 0 Å². The molecule has 0 saturated heterocycles. The highest BCUT2D eigenvalue weighted by molar-refractivity contribution is 5.36. The van der Waals surface area contributed by atoms with E-state index in [2.05, 4.69) is 48.5 Å². The normalized spacial score (nSPS) is 11.8. The average molecular weight is 453 g/mol. The summed E-state index contributed by atoms with van der Waals surface area (Å²) in [6.07, 6.45) is 0. The predicted octanol–water partition coefficient (Wildman–Crippen LogP) is 4.90. The topological polar surface area (TPSA) is 104 Å². The maximum absolute atomic E-state index is 6.12. The minimum absolute atomic E-state index is 0.00454. The fourth-order valence-electron chi connectivity index (χ4n) is 4.40. The molecule has 0 unspecified atom stereocenters. The summed E-state index contributed by atoms with van der Waals surface area (Å²) < 4.78 is 0. The second-order valence-electron chi connectivity index (χ2n) is 9.24. The third-order valence-corrected chi connectivity index (χ3v) is 5.78. The zero-order chi connectivity index (χ0) is 24.6. The highest BCUT2D eigenvalue weighted by atomic mass is 15.0. The molecule has 0 amide bonds. The summed E-state index contributed by atoms with van der Waals surface area (Å²) >= 11 is 0. The molecule has 4 aromatic rings. The van der Waals surface area contributed by atoms with Crippen LogP contribution in [0.5, 0.6) is 0 Å². The Morgan fingerprint density at radius 3 is 0.706 bits per heavy atom. The predicted molar refractivity (Wildman–Crippen MR) is 143 cm³/mol. The lowest BCUT2D eigenvalue weighted by Gasteiger charge is -2.31. The quantitative estimate of drug-likeness (QED) is 0.312.